The lowest BCUT2D eigenvalue weighted by Gasteiger charge is -2.43. The second-order valence-electron chi connectivity index (χ2n) is 7.29. The van der Waals surface area contributed by atoms with E-state index in [2.05, 4.69) is 50.2 Å². The molecule has 0 radical (unpaired) electrons. The summed E-state index contributed by atoms with van der Waals surface area (Å²) in [5.74, 6) is 0.403. The number of ether oxygens (including phenoxy) is 1. The number of fused-ring (bicyclic) bond motifs is 7. The topological polar surface area (TPSA) is 29.5 Å². The van der Waals surface area contributed by atoms with Gasteiger partial charge in [0.2, 0.25) is 5.91 Å². The average molecular weight is 319 g/mol. The van der Waals surface area contributed by atoms with Crippen LogP contribution in [0.1, 0.15) is 40.5 Å². The normalized spacial score (nSPS) is 27.3. The van der Waals surface area contributed by atoms with Gasteiger partial charge in [0.15, 0.2) is 0 Å². The van der Waals surface area contributed by atoms with Crippen molar-refractivity contribution < 1.29 is 9.53 Å². The minimum Gasteiger partial charge on any atom is -0.356 e. The Bertz CT molecular complexity index is 857. The average Bonchev–Trinajstić information content (AvgIpc) is 3.05. The van der Waals surface area contributed by atoms with E-state index in [0.29, 0.717) is 6.61 Å². The molecule has 3 nitrogen and oxygen atoms in total. The van der Waals surface area contributed by atoms with E-state index in [1.165, 1.54) is 33.4 Å². The molecule has 0 unspecified atom stereocenters. The van der Waals surface area contributed by atoms with Crippen LogP contribution in [-0.2, 0) is 9.53 Å². The van der Waals surface area contributed by atoms with E-state index < -0.39 is 0 Å². The van der Waals surface area contributed by atoms with Crippen molar-refractivity contribution in [2.45, 2.75) is 38.3 Å². The summed E-state index contributed by atoms with van der Waals surface area (Å²) in [7, 11) is 0. The van der Waals surface area contributed by atoms with Gasteiger partial charge in [-0.3, -0.25) is 4.79 Å². The summed E-state index contributed by atoms with van der Waals surface area (Å²) in [6.45, 7) is 5.72. The summed E-state index contributed by atoms with van der Waals surface area (Å²) in [6, 6.07) is 13.0. The number of nitrogens with zero attached hydrogens (tertiary/aromatic N) is 1. The quantitative estimate of drug-likeness (QED) is 0.740. The van der Waals surface area contributed by atoms with E-state index in [9.17, 15) is 4.79 Å². The molecule has 3 heteroatoms. The van der Waals surface area contributed by atoms with Gasteiger partial charge < -0.3 is 9.64 Å². The molecule has 3 aliphatic rings. The van der Waals surface area contributed by atoms with Crippen LogP contribution in [-0.4, -0.2) is 30.2 Å². The smallest absolute Gasteiger partial charge is 0.232 e. The summed E-state index contributed by atoms with van der Waals surface area (Å²) in [6.07, 6.45) is 0.860. The van der Waals surface area contributed by atoms with Gasteiger partial charge in [-0.05, 0) is 47.2 Å². The minimum absolute atomic E-state index is 0.0431. The molecule has 2 fully saturated rings. The fourth-order valence-electron chi connectivity index (χ4n) is 4.72. The standard InChI is InChI=1S/C21H21NO2/c1-12-9-16-14-5-3-4-6-15(14)20-18(17(16)10-13(12)2)11-19-22(21(20)23)7-8-24-19/h3-6,9-10,18-20H,7-8,11H2,1-2H3/t18-,19+,20+/m1/s1. The van der Waals surface area contributed by atoms with Crippen LogP contribution in [0.15, 0.2) is 36.4 Å². The number of benzene rings is 2. The second-order valence-corrected chi connectivity index (χ2v) is 7.29. The summed E-state index contributed by atoms with van der Waals surface area (Å²) in [5, 5.41) is 0. The first-order chi connectivity index (χ1) is 11.6. The first kappa shape index (κ1) is 14.2. The zero-order valence-corrected chi connectivity index (χ0v) is 14.1. The van der Waals surface area contributed by atoms with Crippen molar-refractivity contribution in [3.05, 3.63) is 58.7 Å². The van der Waals surface area contributed by atoms with Crippen molar-refractivity contribution in [1.29, 1.82) is 0 Å². The summed E-state index contributed by atoms with van der Waals surface area (Å²) < 4.78 is 5.84. The monoisotopic (exact) mass is 319 g/mol. The largest absolute Gasteiger partial charge is 0.356 e. The highest BCUT2D eigenvalue weighted by Gasteiger charge is 2.48. The number of hydrogen-bond acceptors (Lipinski definition) is 2. The first-order valence-electron chi connectivity index (χ1n) is 8.77. The van der Waals surface area contributed by atoms with Crippen molar-refractivity contribution in [2.24, 2.45) is 0 Å². The molecule has 0 saturated carbocycles. The number of hydrogen-bond donors (Lipinski definition) is 0. The van der Waals surface area contributed by atoms with E-state index in [4.69, 9.17) is 4.74 Å². The fraction of sp³-hybridized carbons (Fsp3) is 0.381. The van der Waals surface area contributed by atoms with Gasteiger partial charge in [-0.2, -0.15) is 0 Å². The summed E-state index contributed by atoms with van der Waals surface area (Å²) in [4.78, 5) is 15.2. The SMILES string of the molecule is Cc1cc2c(cc1C)[C@H]1C[C@@H]3OCCN3C(=O)[C@H]1c1ccccc1-2. The maximum absolute atomic E-state index is 13.2. The number of rotatable bonds is 0. The molecule has 2 aromatic carbocycles. The van der Waals surface area contributed by atoms with Crippen LogP contribution in [0.25, 0.3) is 11.1 Å². The van der Waals surface area contributed by atoms with E-state index in [1.54, 1.807) is 0 Å². The molecule has 1 aliphatic carbocycles. The van der Waals surface area contributed by atoms with Gasteiger partial charge in [0.1, 0.15) is 6.23 Å². The molecule has 0 bridgehead atoms. The van der Waals surface area contributed by atoms with E-state index in [0.717, 1.165) is 13.0 Å². The molecule has 2 aliphatic heterocycles. The number of piperidine rings is 1. The Balaban J connectivity index is 1.76. The van der Waals surface area contributed by atoms with Gasteiger partial charge in [-0.1, -0.05) is 36.4 Å². The lowest BCUT2D eigenvalue weighted by molar-refractivity contribution is -0.143. The van der Waals surface area contributed by atoms with Gasteiger partial charge in [0.05, 0.1) is 12.5 Å². The highest BCUT2D eigenvalue weighted by Crippen LogP contribution is 2.53. The van der Waals surface area contributed by atoms with Crippen molar-refractivity contribution in [2.75, 3.05) is 13.2 Å². The predicted molar refractivity (Wildman–Crippen MR) is 92.9 cm³/mol. The Labute approximate surface area is 142 Å². The van der Waals surface area contributed by atoms with Crippen molar-refractivity contribution in [1.82, 2.24) is 4.90 Å². The highest BCUT2D eigenvalue weighted by atomic mass is 16.5. The first-order valence-corrected chi connectivity index (χ1v) is 8.77. The van der Waals surface area contributed by atoms with Crippen LogP contribution in [0.5, 0.6) is 0 Å². The van der Waals surface area contributed by atoms with Crippen LogP contribution >= 0.6 is 0 Å². The summed E-state index contributed by atoms with van der Waals surface area (Å²) >= 11 is 0. The predicted octanol–water partition coefficient (Wildman–Crippen LogP) is 3.74. The van der Waals surface area contributed by atoms with Crippen molar-refractivity contribution in [3.63, 3.8) is 0 Å². The third kappa shape index (κ3) is 1.79. The lowest BCUT2D eigenvalue weighted by Crippen LogP contribution is -2.48. The van der Waals surface area contributed by atoms with Crippen LogP contribution < -0.4 is 0 Å². The number of carbonyl (C=O) groups is 1. The molecular weight excluding hydrogens is 298 g/mol. The molecule has 5 rings (SSSR count). The lowest BCUT2D eigenvalue weighted by atomic mass is 9.67. The zero-order valence-electron chi connectivity index (χ0n) is 14.1. The van der Waals surface area contributed by atoms with Gasteiger partial charge in [0, 0.05) is 18.9 Å². The Morgan fingerprint density at radius 1 is 1.04 bits per heavy atom. The van der Waals surface area contributed by atoms with Gasteiger partial charge in [-0.25, -0.2) is 0 Å². The fourth-order valence-corrected chi connectivity index (χ4v) is 4.72. The zero-order chi connectivity index (χ0) is 16.4. The summed E-state index contributed by atoms with van der Waals surface area (Å²) in [5.41, 5.74) is 7.65. The van der Waals surface area contributed by atoms with Gasteiger partial charge in [-0.15, -0.1) is 0 Å². The van der Waals surface area contributed by atoms with E-state index >= 15 is 0 Å². The van der Waals surface area contributed by atoms with Crippen LogP contribution in [0.3, 0.4) is 0 Å². The maximum atomic E-state index is 13.2. The molecule has 24 heavy (non-hydrogen) atoms. The van der Waals surface area contributed by atoms with Gasteiger partial charge in [0.25, 0.3) is 0 Å². The molecule has 1 amide bonds. The highest BCUT2D eigenvalue weighted by molar-refractivity contribution is 5.92. The number of carbonyl (C=O) groups excluding carboxylic acids is 1. The molecule has 0 N–H and O–H groups in total. The van der Waals surface area contributed by atoms with Crippen molar-refractivity contribution in [3.8, 4) is 11.1 Å². The Morgan fingerprint density at radius 2 is 1.83 bits per heavy atom. The third-order valence-corrected chi connectivity index (χ3v) is 6.05. The molecule has 2 heterocycles. The second kappa shape index (κ2) is 4.93. The van der Waals surface area contributed by atoms with E-state index in [-0.39, 0.29) is 24.0 Å². The molecule has 0 spiro atoms. The maximum Gasteiger partial charge on any atom is 0.232 e. The molecule has 3 atom stereocenters. The Kier molecular flexibility index (Phi) is 2.93. The number of amides is 1. The Hall–Kier alpha value is -2.13. The van der Waals surface area contributed by atoms with Gasteiger partial charge >= 0.3 is 0 Å². The minimum atomic E-state index is -0.0613. The van der Waals surface area contributed by atoms with Crippen LogP contribution in [0.2, 0.25) is 0 Å². The third-order valence-electron chi connectivity index (χ3n) is 6.05. The molecule has 122 valence electrons. The van der Waals surface area contributed by atoms with Crippen molar-refractivity contribution >= 4 is 5.91 Å². The number of aryl methyl sites for hydroxylation is 2. The molecule has 2 aromatic rings. The van der Waals surface area contributed by atoms with Crippen LogP contribution in [0, 0.1) is 13.8 Å². The molecular formula is C21H21NO2. The molecule has 2 saturated heterocycles. The van der Waals surface area contributed by atoms with E-state index in [1.807, 2.05) is 4.90 Å². The van der Waals surface area contributed by atoms with Crippen LogP contribution in [0.4, 0.5) is 0 Å². The Morgan fingerprint density at radius 3 is 2.71 bits per heavy atom. The molecule has 0 aromatic heterocycles.